The largest absolute Gasteiger partial charge is 0.436 e. The molecule has 1 saturated carbocycles. The SMILES string of the molecule is O=C(Nc1ccccc1-c1nc2c(ccc3ccccc32)o1)C1CC1. The lowest BCUT2D eigenvalue weighted by Gasteiger charge is -2.07. The number of rotatable bonds is 3. The van der Waals surface area contributed by atoms with Crippen LogP contribution in [0.1, 0.15) is 12.8 Å². The predicted molar refractivity (Wildman–Crippen MR) is 98.3 cm³/mol. The highest BCUT2D eigenvalue weighted by Gasteiger charge is 2.30. The summed E-state index contributed by atoms with van der Waals surface area (Å²) in [6.45, 7) is 0. The van der Waals surface area contributed by atoms with Crippen molar-refractivity contribution in [2.75, 3.05) is 5.32 Å². The molecule has 1 fully saturated rings. The van der Waals surface area contributed by atoms with E-state index in [0.29, 0.717) is 5.89 Å². The highest BCUT2D eigenvalue weighted by Crippen LogP contribution is 2.35. The molecule has 25 heavy (non-hydrogen) atoms. The summed E-state index contributed by atoms with van der Waals surface area (Å²) >= 11 is 0. The topological polar surface area (TPSA) is 55.1 Å². The first kappa shape index (κ1) is 14.2. The average Bonchev–Trinajstić information content (AvgIpc) is 3.41. The van der Waals surface area contributed by atoms with Crippen LogP contribution in [0.15, 0.2) is 65.1 Å². The van der Waals surface area contributed by atoms with Crippen LogP contribution in [0.5, 0.6) is 0 Å². The van der Waals surface area contributed by atoms with Crippen LogP contribution < -0.4 is 5.32 Å². The number of hydrogen-bond donors (Lipinski definition) is 1. The fraction of sp³-hybridized carbons (Fsp3) is 0.143. The summed E-state index contributed by atoms with van der Waals surface area (Å²) in [5, 5.41) is 5.21. The second-order valence-electron chi connectivity index (χ2n) is 6.46. The number of nitrogens with one attached hydrogen (secondary N) is 1. The van der Waals surface area contributed by atoms with Crippen molar-refractivity contribution in [3.05, 3.63) is 60.7 Å². The van der Waals surface area contributed by atoms with Crippen LogP contribution in [0, 0.1) is 5.92 Å². The molecule has 0 spiro atoms. The van der Waals surface area contributed by atoms with Crippen molar-refractivity contribution in [1.82, 2.24) is 4.98 Å². The number of hydrogen-bond acceptors (Lipinski definition) is 3. The van der Waals surface area contributed by atoms with Gasteiger partial charge in [0, 0.05) is 11.3 Å². The van der Waals surface area contributed by atoms with E-state index in [1.807, 2.05) is 54.6 Å². The Kier molecular flexibility index (Phi) is 3.10. The summed E-state index contributed by atoms with van der Waals surface area (Å²) in [4.78, 5) is 16.9. The minimum atomic E-state index is 0.0778. The van der Waals surface area contributed by atoms with E-state index in [1.165, 1.54) is 0 Å². The molecule has 4 nitrogen and oxygen atoms in total. The molecule has 0 bridgehead atoms. The summed E-state index contributed by atoms with van der Waals surface area (Å²) in [6, 6.07) is 19.7. The lowest BCUT2D eigenvalue weighted by Crippen LogP contribution is -2.13. The maximum absolute atomic E-state index is 12.1. The molecule has 1 aliphatic carbocycles. The zero-order valence-corrected chi connectivity index (χ0v) is 13.5. The van der Waals surface area contributed by atoms with Gasteiger partial charge in [0.05, 0.1) is 11.3 Å². The first-order valence-electron chi connectivity index (χ1n) is 8.48. The summed E-state index contributed by atoms with van der Waals surface area (Å²) in [5.74, 6) is 0.757. The van der Waals surface area contributed by atoms with E-state index >= 15 is 0 Å². The number of para-hydroxylation sites is 1. The Labute approximate surface area is 144 Å². The number of oxazole rings is 1. The maximum atomic E-state index is 12.1. The van der Waals surface area contributed by atoms with Gasteiger partial charge in [-0.3, -0.25) is 4.79 Å². The van der Waals surface area contributed by atoms with Crippen LogP contribution >= 0.6 is 0 Å². The van der Waals surface area contributed by atoms with Crippen LogP contribution in [0.2, 0.25) is 0 Å². The van der Waals surface area contributed by atoms with Crippen molar-refractivity contribution < 1.29 is 9.21 Å². The summed E-state index contributed by atoms with van der Waals surface area (Å²) < 4.78 is 6.00. The average molecular weight is 328 g/mol. The van der Waals surface area contributed by atoms with E-state index in [4.69, 9.17) is 9.40 Å². The number of carbonyl (C=O) groups is 1. The minimum absolute atomic E-state index is 0.0778. The molecule has 0 aliphatic heterocycles. The smallest absolute Gasteiger partial charge is 0.229 e. The highest BCUT2D eigenvalue weighted by atomic mass is 16.3. The number of benzene rings is 3. The molecule has 0 saturated heterocycles. The number of carbonyl (C=O) groups excluding carboxylic acids is 1. The van der Waals surface area contributed by atoms with E-state index in [1.54, 1.807) is 0 Å². The Balaban J connectivity index is 1.63. The van der Waals surface area contributed by atoms with Gasteiger partial charge in [0.25, 0.3) is 0 Å². The van der Waals surface area contributed by atoms with Crippen LogP contribution in [-0.4, -0.2) is 10.9 Å². The summed E-state index contributed by atoms with van der Waals surface area (Å²) in [5.41, 5.74) is 3.14. The van der Waals surface area contributed by atoms with Gasteiger partial charge in [0.1, 0.15) is 5.52 Å². The Hall–Kier alpha value is -3.14. The van der Waals surface area contributed by atoms with Crippen molar-refractivity contribution >= 4 is 33.5 Å². The molecule has 1 aromatic heterocycles. The van der Waals surface area contributed by atoms with Crippen LogP contribution in [-0.2, 0) is 4.79 Å². The van der Waals surface area contributed by atoms with Gasteiger partial charge in [-0.1, -0.05) is 42.5 Å². The Morgan fingerprint density at radius 3 is 2.68 bits per heavy atom. The monoisotopic (exact) mass is 328 g/mol. The van der Waals surface area contributed by atoms with E-state index in [9.17, 15) is 4.79 Å². The van der Waals surface area contributed by atoms with Gasteiger partial charge >= 0.3 is 0 Å². The minimum Gasteiger partial charge on any atom is -0.436 e. The zero-order chi connectivity index (χ0) is 16.8. The van der Waals surface area contributed by atoms with E-state index in [2.05, 4.69) is 11.4 Å². The molecule has 4 heteroatoms. The molecule has 0 atom stereocenters. The second-order valence-corrected chi connectivity index (χ2v) is 6.46. The molecule has 5 rings (SSSR count). The lowest BCUT2D eigenvalue weighted by molar-refractivity contribution is -0.117. The van der Waals surface area contributed by atoms with E-state index < -0.39 is 0 Å². The first-order valence-corrected chi connectivity index (χ1v) is 8.48. The molecular formula is C21H16N2O2. The van der Waals surface area contributed by atoms with Crippen LogP contribution in [0.25, 0.3) is 33.3 Å². The molecule has 1 N–H and O–H groups in total. The molecule has 122 valence electrons. The van der Waals surface area contributed by atoms with Crippen molar-refractivity contribution in [3.63, 3.8) is 0 Å². The third kappa shape index (κ3) is 2.47. The van der Waals surface area contributed by atoms with Gasteiger partial charge in [-0.15, -0.1) is 0 Å². The van der Waals surface area contributed by atoms with Gasteiger partial charge in [-0.2, -0.15) is 0 Å². The number of anilines is 1. The Bertz CT molecular complexity index is 1110. The van der Waals surface area contributed by atoms with Crippen LogP contribution in [0.4, 0.5) is 5.69 Å². The lowest BCUT2D eigenvalue weighted by atomic mass is 10.1. The van der Waals surface area contributed by atoms with Crippen LogP contribution in [0.3, 0.4) is 0 Å². The standard InChI is InChI=1S/C21H16N2O2/c24-20(14-9-10-14)22-17-8-4-3-7-16(17)21-23-19-15-6-2-1-5-13(15)11-12-18(19)25-21/h1-8,11-12,14H,9-10H2,(H,22,24). The van der Waals surface area contributed by atoms with E-state index in [0.717, 1.165) is 46.0 Å². The molecule has 1 amide bonds. The van der Waals surface area contributed by atoms with Gasteiger partial charge < -0.3 is 9.73 Å². The maximum Gasteiger partial charge on any atom is 0.229 e. The second kappa shape index (κ2) is 5.45. The summed E-state index contributed by atoms with van der Waals surface area (Å²) in [6.07, 6.45) is 1.95. The fourth-order valence-electron chi connectivity index (χ4n) is 3.14. The number of aromatic nitrogens is 1. The third-order valence-corrected chi connectivity index (χ3v) is 4.65. The zero-order valence-electron chi connectivity index (χ0n) is 13.5. The molecule has 1 heterocycles. The molecule has 0 unspecified atom stereocenters. The molecule has 1 aliphatic rings. The van der Waals surface area contributed by atoms with Crippen molar-refractivity contribution in [3.8, 4) is 11.5 Å². The summed E-state index contributed by atoms with van der Waals surface area (Å²) in [7, 11) is 0. The third-order valence-electron chi connectivity index (χ3n) is 4.65. The Morgan fingerprint density at radius 2 is 1.80 bits per heavy atom. The molecule has 4 aromatic rings. The van der Waals surface area contributed by atoms with E-state index in [-0.39, 0.29) is 11.8 Å². The Morgan fingerprint density at radius 1 is 1.00 bits per heavy atom. The number of fused-ring (bicyclic) bond motifs is 3. The molecule has 0 radical (unpaired) electrons. The quantitative estimate of drug-likeness (QED) is 0.576. The van der Waals surface area contributed by atoms with Gasteiger partial charge in [-0.25, -0.2) is 4.98 Å². The van der Waals surface area contributed by atoms with Gasteiger partial charge in [0.15, 0.2) is 5.58 Å². The van der Waals surface area contributed by atoms with Crippen molar-refractivity contribution in [1.29, 1.82) is 0 Å². The fourth-order valence-corrected chi connectivity index (χ4v) is 3.14. The van der Waals surface area contributed by atoms with Crippen molar-refractivity contribution in [2.24, 2.45) is 5.92 Å². The highest BCUT2D eigenvalue weighted by molar-refractivity contribution is 6.04. The van der Waals surface area contributed by atoms with Crippen molar-refractivity contribution in [2.45, 2.75) is 12.8 Å². The van der Waals surface area contributed by atoms with Gasteiger partial charge in [-0.05, 0) is 36.4 Å². The molecule has 3 aromatic carbocycles. The van der Waals surface area contributed by atoms with Gasteiger partial charge in [0.2, 0.25) is 11.8 Å². The predicted octanol–water partition coefficient (Wildman–Crippen LogP) is 5.00. The number of nitrogens with zero attached hydrogens (tertiary/aromatic N) is 1. The first-order chi connectivity index (χ1) is 12.3. The number of amides is 1. The molecular weight excluding hydrogens is 312 g/mol. The normalized spacial score (nSPS) is 14.1.